The SMILES string of the molecule is C=CCBr.CC.CN=Cc1cc(-c2ccc(Br)c(OOC)c2)ncc1N. The number of rotatable bonds is 5. The molecular weight excluding hydrogens is 462 g/mol. The van der Waals surface area contributed by atoms with Gasteiger partial charge in [-0.2, -0.15) is 4.89 Å². The van der Waals surface area contributed by atoms with Crippen molar-refractivity contribution in [2.75, 3.05) is 25.2 Å². The van der Waals surface area contributed by atoms with E-state index in [1.54, 1.807) is 25.5 Å². The van der Waals surface area contributed by atoms with Crippen LogP contribution in [0.1, 0.15) is 19.4 Å². The smallest absolute Gasteiger partial charge is 0.180 e. The molecule has 0 aliphatic carbocycles. The van der Waals surface area contributed by atoms with Crippen LogP contribution in [-0.4, -0.2) is 30.7 Å². The van der Waals surface area contributed by atoms with Crippen LogP contribution in [0.2, 0.25) is 0 Å². The van der Waals surface area contributed by atoms with Crippen LogP contribution in [0.5, 0.6) is 5.75 Å². The molecular formula is C19H25Br2N3O2. The zero-order chi connectivity index (χ0) is 19.9. The largest absolute Gasteiger partial charge is 0.397 e. The highest BCUT2D eigenvalue weighted by molar-refractivity contribution is 9.10. The zero-order valence-electron chi connectivity index (χ0n) is 15.5. The molecule has 0 spiro atoms. The Kier molecular flexibility index (Phi) is 13.5. The molecule has 1 heterocycles. The Balaban J connectivity index is 0.000000920. The zero-order valence-corrected chi connectivity index (χ0v) is 18.7. The number of aromatic nitrogens is 1. The lowest BCUT2D eigenvalue weighted by molar-refractivity contribution is -0.178. The summed E-state index contributed by atoms with van der Waals surface area (Å²) in [4.78, 5) is 18.1. The third-order valence-corrected chi connectivity index (χ3v) is 3.86. The van der Waals surface area contributed by atoms with Crippen LogP contribution in [0.15, 0.2) is 52.6 Å². The Morgan fingerprint density at radius 3 is 2.50 bits per heavy atom. The summed E-state index contributed by atoms with van der Waals surface area (Å²) in [6, 6.07) is 7.51. The summed E-state index contributed by atoms with van der Waals surface area (Å²) >= 11 is 6.52. The van der Waals surface area contributed by atoms with E-state index in [4.69, 9.17) is 10.6 Å². The first kappa shape index (κ1) is 24.3. The van der Waals surface area contributed by atoms with Gasteiger partial charge in [0.25, 0.3) is 0 Å². The van der Waals surface area contributed by atoms with E-state index in [9.17, 15) is 0 Å². The molecule has 2 aromatic rings. The van der Waals surface area contributed by atoms with Crippen molar-refractivity contribution in [1.29, 1.82) is 0 Å². The van der Waals surface area contributed by atoms with Crippen molar-refractivity contribution in [3.8, 4) is 17.0 Å². The first-order valence-electron chi connectivity index (χ1n) is 7.92. The number of allylic oxidation sites excluding steroid dienone is 1. The fourth-order valence-electron chi connectivity index (χ4n) is 1.71. The second-order valence-corrected chi connectivity index (χ2v) is 5.93. The normalized spacial score (nSPS) is 9.62. The average Bonchev–Trinajstić information content (AvgIpc) is 2.67. The topological polar surface area (TPSA) is 69.7 Å². The van der Waals surface area contributed by atoms with Crippen molar-refractivity contribution in [2.45, 2.75) is 13.8 Å². The minimum Gasteiger partial charge on any atom is -0.397 e. The van der Waals surface area contributed by atoms with Crippen molar-refractivity contribution >= 4 is 43.8 Å². The number of nitrogens with two attached hydrogens (primary N) is 1. The molecule has 1 aromatic carbocycles. The van der Waals surface area contributed by atoms with Gasteiger partial charge in [0.1, 0.15) is 0 Å². The molecule has 0 aliphatic rings. The molecule has 0 saturated heterocycles. The molecule has 7 heteroatoms. The van der Waals surface area contributed by atoms with Crippen molar-refractivity contribution in [2.24, 2.45) is 4.99 Å². The molecule has 1 aromatic heterocycles. The number of nitrogens with zero attached hydrogens (tertiary/aromatic N) is 2. The number of pyridine rings is 1. The lowest BCUT2D eigenvalue weighted by Crippen LogP contribution is -1.97. The first-order valence-corrected chi connectivity index (χ1v) is 9.83. The number of anilines is 1. The van der Waals surface area contributed by atoms with E-state index in [0.717, 1.165) is 26.6 Å². The summed E-state index contributed by atoms with van der Waals surface area (Å²) in [7, 11) is 3.15. The molecule has 0 bridgehead atoms. The molecule has 0 aliphatic heterocycles. The Labute approximate surface area is 172 Å². The van der Waals surface area contributed by atoms with E-state index in [2.05, 4.69) is 53.3 Å². The fourth-order valence-corrected chi connectivity index (χ4v) is 2.02. The number of hydrogen-bond donors (Lipinski definition) is 1. The van der Waals surface area contributed by atoms with Gasteiger partial charge >= 0.3 is 0 Å². The monoisotopic (exact) mass is 485 g/mol. The minimum atomic E-state index is 0.578. The molecule has 26 heavy (non-hydrogen) atoms. The summed E-state index contributed by atoms with van der Waals surface area (Å²) < 4.78 is 0.800. The van der Waals surface area contributed by atoms with Crippen LogP contribution < -0.4 is 10.6 Å². The predicted octanol–water partition coefficient (Wildman–Crippen LogP) is 5.68. The number of halogens is 2. The number of hydrogen-bond acceptors (Lipinski definition) is 5. The van der Waals surface area contributed by atoms with Crippen molar-refractivity contribution in [3.05, 3.63) is 53.2 Å². The Morgan fingerprint density at radius 2 is 1.96 bits per heavy atom. The van der Waals surface area contributed by atoms with Crippen LogP contribution in [0.3, 0.4) is 0 Å². The molecule has 0 saturated carbocycles. The van der Waals surface area contributed by atoms with Crippen LogP contribution in [0, 0.1) is 0 Å². The summed E-state index contributed by atoms with van der Waals surface area (Å²) in [6.45, 7) is 7.43. The summed E-state index contributed by atoms with van der Waals surface area (Å²) in [5.41, 5.74) is 8.94. The Morgan fingerprint density at radius 1 is 1.31 bits per heavy atom. The molecule has 142 valence electrons. The average molecular weight is 487 g/mol. The van der Waals surface area contributed by atoms with Crippen molar-refractivity contribution in [1.82, 2.24) is 4.98 Å². The van der Waals surface area contributed by atoms with E-state index in [0.29, 0.717) is 11.4 Å². The molecule has 5 nitrogen and oxygen atoms in total. The van der Waals surface area contributed by atoms with Crippen LogP contribution in [-0.2, 0) is 4.89 Å². The summed E-state index contributed by atoms with van der Waals surface area (Å²) in [5, 5.41) is 0.896. The highest BCUT2D eigenvalue weighted by Crippen LogP contribution is 2.30. The van der Waals surface area contributed by atoms with Crippen LogP contribution >= 0.6 is 31.9 Å². The van der Waals surface area contributed by atoms with Gasteiger partial charge in [0, 0.05) is 29.7 Å². The van der Waals surface area contributed by atoms with Gasteiger partial charge in [0.05, 0.1) is 29.2 Å². The number of aliphatic imine (C=N–C) groups is 1. The van der Waals surface area contributed by atoms with Gasteiger partial charge in [0.15, 0.2) is 5.75 Å². The summed E-state index contributed by atoms with van der Waals surface area (Å²) in [5.74, 6) is 0.578. The molecule has 0 fully saturated rings. The standard InChI is InChI=1S/C14H14BrN3O2.C3H5Br.C2H6/c1-17-7-10-5-13(18-8-12(10)16)9-3-4-11(15)14(6-9)20-19-2;1-2-3-4;1-2/h3-8H,16H2,1-2H3;2H,1,3H2;1-2H3. The van der Waals surface area contributed by atoms with Crippen LogP contribution in [0.4, 0.5) is 5.69 Å². The highest BCUT2D eigenvalue weighted by atomic mass is 79.9. The number of alkyl halides is 1. The maximum atomic E-state index is 5.85. The maximum Gasteiger partial charge on any atom is 0.180 e. The third-order valence-electron chi connectivity index (χ3n) is 2.75. The quantitative estimate of drug-likeness (QED) is 0.194. The minimum absolute atomic E-state index is 0.578. The molecule has 2 N–H and O–H groups in total. The van der Waals surface area contributed by atoms with E-state index in [-0.39, 0.29) is 0 Å². The number of benzene rings is 1. The predicted molar refractivity (Wildman–Crippen MR) is 118 cm³/mol. The Hall–Kier alpha value is -1.70. The van der Waals surface area contributed by atoms with Gasteiger partial charge in [0.2, 0.25) is 0 Å². The second-order valence-electron chi connectivity index (χ2n) is 4.42. The van der Waals surface area contributed by atoms with Gasteiger partial charge in [-0.15, -0.1) is 6.58 Å². The second kappa shape index (κ2) is 14.5. The van der Waals surface area contributed by atoms with Gasteiger partial charge in [-0.25, -0.2) is 0 Å². The maximum absolute atomic E-state index is 5.85. The van der Waals surface area contributed by atoms with E-state index >= 15 is 0 Å². The fraction of sp³-hybridized carbons (Fsp3) is 0.263. The van der Waals surface area contributed by atoms with Gasteiger partial charge in [-0.1, -0.05) is 41.9 Å². The Bertz CT molecular complexity index is 707. The molecule has 0 atom stereocenters. The summed E-state index contributed by atoms with van der Waals surface area (Å²) in [6.07, 6.45) is 5.11. The van der Waals surface area contributed by atoms with Crippen LogP contribution in [0.25, 0.3) is 11.3 Å². The van der Waals surface area contributed by atoms with Gasteiger partial charge < -0.3 is 10.6 Å². The van der Waals surface area contributed by atoms with Gasteiger partial charge in [-0.05, 0) is 34.1 Å². The lowest BCUT2D eigenvalue weighted by Gasteiger charge is -2.08. The van der Waals surface area contributed by atoms with Crippen molar-refractivity contribution in [3.63, 3.8) is 0 Å². The molecule has 2 rings (SSSR count). The molecule has 0 radical (unpaired) electrons. The number of nitrogen functional groups attached to an aromatic ring is 1. The third kappa shape index (κ3) is 8.12. The van der Waals surface area contributed by atoms with Gasteiger partial charge in [-0.3, -0.25) is 9.98 Å². The van der Waals surface area contributed by atoms with E-state index < -0.39 is 0 Å². The van der Waals surface area contributed by atoms with Crippen molar-refractivity contribution < 1.29 is 9.78 Å². The molecule has 0 amide bonds. The lowest BCUT2D eigenvalue weighted by atomic mass is 10.1. The van der Waals surface area contributed by atoms with E-state index in [1.807, 2.05) is 38.1 Å². The molecule has 0 unspecified atom stereocenters. The highest BCUT2D eigenvalue weighted by Gasteiger charge is 2.08. The first-order chi connectivity index (χ1) is 12.6. The van der Waals surface area contributed by atoms with E-state index in [1.165, 1.54) is 7.11 Å².